The third-order valence-corrected chi connectivity index (χ3v) is 4.12. The van der Waals surface area contributed by atoms with Crippen LogP contribution in [0.1, 0.15) is 34.0 Å². The summed E-state index contributed by atoms with van der Waals surface area (Å²) in [4.78, 5) is 11.8. The minimum atomic E-state index is -0.362. The standard InChI is InChI=1S/C19H17ClO3/c1-11-8-14(20)5-6-15(11)16-9-12(2)23-18-7-4-13(10-17(16)18)19(21)22-3/h4-10,12H,1-3H3. The van der Waals surface area contributed by atoms with Gasteiger partial charge in [0, 0.05) is 10.6 Å². The summed E-state index contributed by atoms with van der Waals surface area (Å²) in [6, 6.07) is 11.1. The molecule has 0 spiro atoms. The minimum Gasteiger partial charge on any atom is -0.486 e. The van der Waals surface area contributed by atoms with Crippen molar-refractivity contribution in [2.45, 2.75) is 20.0 Å². The number of carbonyl (C=O) groups is 1. The number of esters is 1. The van der Waals surface area contributed by atoms with E-state index in [1.807, 2.05) is 44.2 Å². The molecule has 0 radical (unpaired) electrons. The van der Waals surface area contributed by atoms with Crippen molar-refractivity contribution in [1.29, 1.82) is 0 Å². The second-order valence-electron chi connectivity index (χ2n) is 5.57. The summed E-state index contributed by atoms with van der Waals surface area (Å²) in [5.41, 5.74) is 4.58. The van der Waals surface area contributed by atoms with Gasteiger partial charge in [-0.15, -0.1) is 0 Å². The fourth-order valence-corrected chi connectivity index (χ4v) is 3.04. The van der Waals surface area contributed by atoms with Crippen molar-refractivity contribution < 1.29 is 14.3 Å². The lowest BCUT2D eigenvalue weighted by atomic mass is 9.90. The van der Waals surface area contributed by atoms with E-state index in [1.165, 1.54) is 7.11 Å². The molecule has 0 fully saturated rings. The second-order valence-corrected chi connectivity index (χ2v) is 6.00. The first-order valence-corrected chi connectivity index (χ1v) is 7.75. The normalized spacial score (nSPS) is 16.2. The van der Waals surface area contributed by atoms with E-state index in [-0.39, 0.29) is 12.1 Å². The summed E-state index contributed by atoms with van der Waals surface area (Å²) in [7, 11) is 1.38. The number of methoxy groups -OCH3 is 1. The zero-order valence-corrected chi connectivity index (χ0v) is 14.0. The highest BCUT2D eigenvalue weighted by atomic mass is 35.5. The van der Waals surface area contributed by atoms with Crippen LogP contribution in [-0.2, 0) is 4.74 Å². The Hall–Kier alpha value is -2.26. The van der Waals surface area contributed by atoms with Gasteiger partial charge < -0.3 is 9.47 Å². The van der Waals surface area contributed by atoms with Crippen molar-refractivity contribution in [2.24, 2.45) is 0 Å². The van der Waals surface area contributed by atoms with Crippen molar-refractivity contribution in [3.63, 3.8) is 0 Å². The van der Waals surface area contributed by atoms with E-state index in [4.69, 9.17) is 21.1 Å². The van der Waals surface area contributed by atoms with Crippen LogP contribution in [0.5, 0.6) is 5.75 Å². The monoisotopic (exact) mass is 328 g/mol. The molecule has 1 heterocycles. The highest BCUT2D eigenvalue weighted by molar-refractivity contribution is 6.30. The van der Waals surface area contributed by atoms with Crippen LogP contribution in [0.25, 0.3) is 5.57 Å². The lowest BCUT2D eigenvalue weighted by molar-refractivity contribution is 0.0600. The van der Waals surface area contributed by atoms with Gasteiger partial charge in [-0.05, 0) is 67.0 Å². The molecule has 0 saturated carbocycles. The van der Waals surface area contributed by atoms with Crippen LogP contribution in [0, 0.1) is 6.92 Å². The molecule has 2 aromatic carbocycles. The summed E-state index contributed by atoms with van der Waals surface area (Å²) in [5, 5.41) is 0.704. The Morgan fingerprint density at radius 2 is 1.96 bits per heavy atom. The smallest absolute Gasteiger partial charge is 0.337 e. The highest BCUT2D eigenvalue weighted by Gasteiger charge is 2.22. The summed E-state index contributed by atoms with van der Waals surface area (Å²) in [6.45, 7) is 4.01. The van der Waals surface area contributed by atoms with Crippen LogP contribution in [0.3, 0.4) is 0 Å². The maximum atomic E-state index is 11.8. The molecule has 23 heavy (non-hydrogen) atoms. The number of fused-ring (bicyclic) bond motifs is 1. The summed E-state index contributed by atoms with van der Waals surface area (Å²) < 4.78 is 10.7. The number of benzene rings is 2. The first-order valence-electron chi connectivity index (χ1n) is 7.37. The van der Waals surface area contributed by atoms with Crippen LogP contribution in [0.4, 0.5) is 0 Å². The molecule has 1 aliphatic rings. The van der Waals surface area contributed by atoms with E-state index in [2.05, 4.69) is 6.08 Å². The SMILES string of the molecule is COC(=O)c1ccc2c(c1)C(c1ccc(Cl)cc1C)=CC(C)O2. The fourth-order valence-electron chi connectivity index (χ4n) is 2.81. The van der Waals surface area contributed by atoms with Gasteiger partial charge >= 0.3 is 5.97 Å². The number of aryl methyl sites for hydroxylation is 1. The van der Waals surface area contributed by atoms with E-state index in [0.717, 1.165) is 28.0 Å². The molecule has 2 aromatic rings. The third kappa shape index (κ3) is 2.97. The predicted molar refractivity (Wildman–Crippen MR) is 91.1 cm³/mol. The largest absolute Gasteiger partial charge is 0.486 e. The van der Waals surface area contributed by atoms with Gasteiger partial charge in [0.05, 0.1) is 12.7 Å². The van der Waals surface area contributed by atoms with E-state index >= 15 is 0 Å². The molecule has 0 aromatic heterocycles. The highest BCUT2D eigenvalue weighted by Crippen LogP contribution is 2.38. The molecule has 3 rings (SSSR count). The predicted octanol–water partition coefficient (Wildman–Crippen LogP) is 4.65. The van der Waals surface area contributed by atoms with Gasteiger partial charge in [0.2, 0.25) is 0 Å². The minimum absolute atomic E-state index is 0.0449. The molecule has 0 N–H and O–H groups in total. The molecule has 0 bridgehead atoms. The summed E-state index contributed by atoms with van der Waals surface area (Å²) >= 11 is 6.06. The van der Waals surface area contributed by atoms with Crippen LogP contribution >= 0.6 is 11.6 Å². The molecule has 3 nitrogen and oxygen atoms in total. The zero-order chi connectivity index (χ0) is 16.6. The Morgan fingerprint density at radius 3 is 2.65 bits per heavy atom. The number of halogens is 1. The average molecular weight is 329 g/mol. The van der Waals surface area contributed by atoms with E-state index in [9.17, 15) is 4.79 Å². The topological polar surface area (TPSA) is 35.5 Å². The van der Waals surface area contributed by atoms with E-state index < -0.39 is 0 Å². The van der Waals surface area contributed by atoms with Crippen LogP contribution in [-0.4, -0.2) is 19.2 Å². The molecule has 1 atom stereocenters. The quantitative estimate of drug-likeness (QED) is 0.753. The second kappa shape index (κ2) is 6.09. The zero-order valence-electron chi connectivity index (χ0n) is 13.2. The Kier molecular flexibility index (Phi) is 4.14. The molecule has 1 unspecified atom stereocenters. The molecular formula is C19H17ClO3. The lowest BCUT2D eigenvalue weighted by Crippen LogP contribution is -2.16. The molecular weight excluding hydrogens is 312 g/mol. The van der Waals surface area contributed by atoms with Crippen molar-refractivity contribution in [3.05, 3.63) is 69.8 Å². The van der Waals surface area contributed by atoms with E-state index in [1.54, 1.807) is 6.07 Å². The fraction of sp³-hybridized carbons (Fsp3) is 0.211. The van der Waals surface area contributed by atoms with Gasteiger partial charge in [-0.3, -0.25) is 0 Å². The van der Waals surface area contributed by atoms with Crippen molar-refractivity contribution in [1.82, 2.24) is 0 Å². The number of ether oxygens (including phenoxy) is 2. The molecule has 4 heteroatoms. The molecule has 0 saturated heterocycles. The third-order valence-electron chi connectivity index (χ3n) is 3.88. The maximum absolute atomic E-state index is 11.8. The van der Waals surface area contributed by atoms with Gasteiger partial charge in [-0.2, -0.15) is 0 Å². The molecule has 0 amide bonds. The van der Waals surface area contributed by atoms with Gasteiger partial charge in [-0.1, -0.05) is 17.7 Å². The first-order chi connectivity index (χ1) is 11.0. The summed E-state index contributed by atoms with van der Waals surface area (Å²) in [6.07, 6.45) is 2.01. The van der Waals surface area contributed by atoms with Crippen LogP contribution in [0.2, 0.25) is 5.02 Å². The van der Waals surface area contributed by atoms with Crippen molar-refractivity contribution in [3.8, 4) is 5.75 Å². The Balaban J connectivity index is 2.16. The van der Waals surface area contributed by atoms with Gasteiger partial charge in [0.25, 0.3) is 0 Å². The number of hydrogen-bond donors (Lipinski definition) is 0. The number of carbonyl (C=O) groups excluding carboxylic acids is 1. The molecule has 0 aliphatic carbocycles. The average Bonchev–Trinajstić information content (AvgIpc) is 2.53. The van der Waals surface area contributed by atoms with Gasteiger partial charge in [0.15, 0.2) is 0 Å². The van der Waals surface area contributed by atoms with E-state index in [0.29, 0.717) is 10.6 Å². The maximum Gasteiger partial charge on any atom is 0.337 e. The van der Waals surface area contributed by atoms with Crippen molar-refractivity contribution >= 4 is 23.1 Å². The lowest BCUT2D eigenvalue weighted by Gasteiger charge is -2.25. The Morgan fingerprint density at radius 1 is 1.17 bits per heavy atom. The van der Waals surface area contributed by atoms with Crippen LogP contribution < -0.4 is 4.74 Å². The summed E-state index contributed by atoms with van der Waals surface area (Å²) in [5.74, 6) is 0.399. The van der Waals surface area contributed by atoms with Gasteiger partial charge in [0.1, 0.15) is 11.9 Å². The Bertz CT molecular complexity index is 808. The first kappa shape index (κ1) is 15.6. The van der Waals surface area contributed by atoms with Gasteiger partial charge in [-0.25, -0.2) is 4.79 Å². The molecule has 1 aliphatic heterocycles. The number of hydrogen-bond acceptors (Lipinski definition) is 3. The van der Waals surface area contributed by atoms with Crippen molar-refractivity contribution in [2.75, 3.05) is 7.11 Å². The number of rotatable bonds is 2. The van der Waals surface area contributed by atoms with Crippen LogP contribution in [0.15, 0.2) is 42.5 Å². The molecule has 118 valence electrons. The Labute approximate surface area is 140 Å².